The number of sulfonamides is 1. The molecule has 212 valence electrons. The molecule has 3 N–H and O–H groups in total. The van der Waals surface area contributed by atoms with Crippen molar-refractivity contribution in [1.82, 2.24) is 14.6 Å². The molecule has 0 aliphatic carbocycles. The fraction of sp³-hybridized carbons (Fsp3) is 0.310. The van der Waals surface area contributed by atoms with Crippen LogP contribution in [0, 0.1) is 5.92 Å². The Labute approximate surface area is 233 Å². The van der Waals surface area contributed by atoms with E-state index in [1.165, 1.54) is 41.9 Å². The molecule has 0 bridgehead atoms. The highest BCUT2D eigenvalue weighted by Gasteiger charge is 2.32. The number of aliphatic hydroxyl groups is 1. The second-order valence-electron chi connectivity index (χ2n) is 9.92. The van der Waals surface area contributed by atoms with Gasteiger partial charge < -0.3 is 24.7 Å². The number of aromatic nitrogens is 1. The Morgan fingerprint density at radius 2 is 1.82 bits per heavy atom. The number of nitrogens with zero attached hydrogens (tertiary/aromatic N) is 2. The Morgan fingerprint density at radius 1 is 1.07 bits per heavy atom. The summed E-state index contributed by atoms with van der Waals surface area (Å²) in [5.74, 6) is -0.331. The molecule has 4 aromatic rings. The third kappa shape index (κ3) is 6.98. The van der Waals surface area contributed by atoms with E-state index in [0.29, 0.717) is 11.0 Å². The predicted octanol–water partition coefficient (Wildman–Crippen LogP) is 3.59. The Balaban J connectivity index is 1.60. The Morgan fingerprint density at radius 3 is 2.48 bits per heavy atom. The number of carbonyl (C=O) groups is 1. The molecule has 2 atom stereocenters. The topological polar surface area (TPSA) is 142 Å². The third-order valence-corrected chi connectivity index (χ3v) is 8.14. The number of methoxy groups -OCH3 is 1. The van der Waals surface area contributed by atoms with E-state index in [2.05, 4.69) is 10.3 Å². The van der Waals surface area contributed by atoms with E-state index >= 15 is 0 Å². The minimum Gasteiger partial charge on any atom is -0.508 e. The van der Waals surface area contributed by atoms with Crippen molar-refractivity contribution in [2.75, 3.05) is 20.2 Å². The second-order valence-corrected chi connectivity index (χ2v) is 11.9. The molecule has 2 aromatic heterocycles. The number of furan rings is 1. The van der Waals surface area contributed by atoms with E-state index in [1.807, 2.05) is 44.2 Å². The van der Waals surface area contributed by atoms with E-state index < -0.39 is 28.1 Å². The molecule has 40 heavy (non-hydrogen) atoms. The number of phenolic OH excluding ortho intramolecular Hbond substituents is 1. The van der Waals surface area contributed by atoms with Gasteiger partial charge in [-0.15, -0.1) is 0 Å². The monoisotopic (exact) mass is 567 g/mol. The van der Waals surface area contributed by atoms with Gasteiger partial charge in [-0.2, -0.15) is 4.31 Å². The maximum Gasteiger partial charge on any atom is 0.287 e. The molecule has 10 nitrogen and oxygen atoms in total. The number of nitrogens with one attached hydrogen (secondary N) is 1. The maximum absolute atomic E-state index is 13.6. The fourth-order valence-electron chi connectivity index (χ4n) is 4.33. The number of pyridine rings is 1. The van der Waals surface area contributed by atoms with Crippen LogP contribution in [0.5, 0.6) is 11.6 Å². The summed E-state index contributed by atoms with van der Waals surface area (Å²) in [5.41, 5.74) is 1.19. The summed E-state index contributed by atoms with van der Waals surface area (Å²) in [4.78, 5) is 17.2. The van der Waals surface area contributed by atoms with Crippen molar-refractivity contribution in [2.24, 2.45) is 5.92 Å². The van der Waals surface area contributed by atoms with Crippen LogP contribution < -0.4 is 10.1 Å². The minimum atomic E-state index is -4.02. The number of ether oxygens (including phenoxy) is 1. The molecule has 0 radical (unpaired) electrons. The first-order valence-corrected chi connectivity index (χ1v) is 14.3. The highest BCUT2D eigenvalue weighted by atomic mass is 32.2. The molecule has 0 aliphatic rings. The SMILES string of the molecule is COc1ccc(S(=O)(=O)N(CC(C)C)C[C@@H](O)[C@H](Cc2ccccc2)NC(=O)c2cc3ccc(O)cc3o2)cn1. The van der Waals surface area contributed by atoms with Crippen LogP contribution in [0.4, 0.5) is 0 Å². The van der Waals surface area contributed by atoms with Crippen LogP contribution in [0.3, 0.4) is 0 Å². The van der Waals surface area contributed by atoms with Crippen molar-refractivity contribution < 1.29 is 32.6 Å². The van der Waals surface area contributed by atoms with Crippen molar-refractivity contribution in [1.29, 1.82) is 0 Å². The van der Waals surface area contributed by atoms with Gasteiger partial charge in [0.2, 0.25) is 15.9 Å². The van der Waals surface area contributed by atoms with Gasteiger partial charge in [-0.1, -0.05) is 44.2 Å². The standard InChI is InChI=1S/C29H33N3O7S/c1-19(2)17-32(40(36,37)23-11-12-28(38-3)30-16-23)18-25(34)24(13-20-7-5-4-6-8-20)31-29(35)27-14-21-9-10-22(33)15-26(21)39-27/h4-12,14-16,19,24-25,33-34H,13,17-18H2,1-3H3,(H,31,35)/t24-,25+/m0/s1. The van der Waals surface area contributed by atoms with Crippen LogP contribution in [0.25, 0.3) is 11.0 Å². The molecule has 0 unspecified atom stereocenters. The highest BCUT2D eigenvalue weighted by molar-refractivity contribution is 7.89. The number of hydrogen-bond donors (Lipinski definition) is 3. The normalized spacial score (nSPS) is 13.4. The lowest BCUT2D eigenvalue weighted by Crippen LogP contribution is -2.51. The van der Waals surface area contributed by atoms with Crippen molar-refractivity contribution in [3.05, 3.63) is 84.3 Å². The lowest BCUT2D eigenvalue weighted by Gasteiger charge is -2.30. The number of fused-ring (bicyclic) bond motifs is 1. The molecule has 0 spiro atoms. The number of carbonyl (C=O) groups excluding carboxylic acids is 1. The zero-order valence-electron chi connectivity index (χ0n) is 22.5. The van der Waals surface area contributed by atoms with Crippen molar-refractivity contribution in [2.45, 2.75) is 37.3 Å². The highest BCUT2D eigenvalue weighted by Crippen LogP contribution is 2.24. The smallest absolute Gasteiger partial charge is 0.287 e. The molecule has 0 saturated carbocycles. The molecular formula is C29H33N3O7S. The zero-order valence-corrected chi connectivity index (χ0v) is 23.3. The molecule has 2 heterocycles. The number of benzene rings is 2. The van der Waals surface area contributed by atoms with E-state index in [4.69, 9.17) is 9.15 Å². The lowest BCUT2D eigenvalue weighted by atomic mass is 10.0. The molecule has 11 heteroatoms. The predicted molar refractivity (Wildman–Crippen MR) is 150 cm³/mol. The summed E-state index contributed by atoms with van der Waals surface area (Å²) >= 11 is 0. The molecule has 2 aromatic carbocycles. The number of aromatic hydroxyl groups is 1. The van der Waals surface area contributed by atoms with Gasteiger partial charge >= 0.3 is 0 Å². The first-order valence-electron chi connectivity index (χ1n) is 12.8. The summed E-state index contributed by atoms with van der Waals surface area (Å²) in [6.45, 7) is 3.64. The van der Waals surface area contributed by atoms with Crippen molar-refractivity contribution in [3.63, 3.8) is 0 Å². The van der Waals surface area contributed by atoms with Crippen LogP contribution in [-0.2, 0) is 16.4 Å². The average molecular weight is 568 g/mol. The molecule has 0 saturated heterocycles. The lowest BCUT2D eigenvalue weighted by molar-refractivity contribution is 0.0756. The molecule has 0 aliphatic heterocycles. The third-order valence-electron chi connectivity index (χ3n) is 6.32. The van der Waals surface area contributed by atoms with Gasteiger partial charge in [0.15, 0.2) is 5.76 Å². The summed E-state index contributed by atoms with van der Waals surface area (Å²) in [6.07, 6.45) is 0.197. The summed E-state index contributed by atoms with van der Waals surface area (Å²) in [5, 5.41) is 24.6. The van der Waals surface area contributed by atoms with E-state index in [0.717, 1.165) is 5.56 Å². The molecule has 0 fully saturated rings. The molecule has 4 rings (SSSR count). The van der Waals surface area contributed by atoms with Gasteiger partial charge in [0.05, 0.1) is 25.5 Å². The summed E-state index contributed by atoms with van der Waals surface area (Å²) in [7, 11) is -2.59. The van der Waals surface area contributed by atoms with E-state index in [9.17, 15) is 23.4 Å². The van der Waals surface area contributed by atoms with Crippen LogP contribution >= 0.6 is 0 Å². The Kier molecular flexibility index (Phi) is 9.08. The summed E-state index contributed by atoms with van der Waals surface area (Å²) < 4.78 is 39.0. The zero-order chi connectivity index (χ0) is 28.9. The molecular weight excluding hydrogens is 534 g/mol. The van der Waals surface area contributed by atoms with Crippen LogP contribution in [0.2, 0.25) is 0 Å². The van der Waals surface area contributed by atoms with Gasteiger partial charge in [0.1, 0.15) is 16.2 Å². The number of phenols is 1. The summed E-state index contributed by atoms with van der Waals surface area (Å²) in [6, 6.07) is 17.4. The number of hydrogen-bond acceptors (Lipinski definition) is 8. The van der Waals surface area contributed by atoms with Crippen molar-refractivity contribution in [3.8, 4) is 11.6 Å². The maximum atomic E-state index is 13.6. The molecule has 1 amide bonds. The van der Waals surface area contributed by atoms with Gasteiger partial charge in [-0.25, -0.2) is 13.4 Å². The Hall–Kier alpha value is -3.93. The van der Waals surface area contributed by atoms with Gasteiger partial charge in [-0.05, 0) is 42.2 Å². The average Bonchev–Trinajstić information content (AvgIpc) is 3.36. The van der Waals surface area contributed by atoms with Crippen molar-refractivity contribution >= 4 is 26.9 Å². The fourth-order valence-corrected chi connectivity index (χ4v) is 5.89. The first kappa shape index (κ1) is 29.1. The number of rotatable bonds is 12. The van der Waals surface area contributed by atoms with Crippen LogP contribution in [0.15, 0.2) is 82.2 Å². The first-order chi connectivity index (χ1) is 19.1. The van der Waals surface area contributed by atoms with E-state index in [-0.39, 0.29) is 47.7 Å². The largest absolute Gasteiger partial charge is 0.508 e. The van der Waals surface area contributed by atoms with Crippen LogP contribution in [0.1, 0.15) is 30.0 Å². The minimum absolute atomic E-state index is 0.00169. The number of aliphatic hydroxyl groups excluding tert-OH is 1. The van der Waals surface area contributed by atoms with Gasteiger partial charge in [0, 0.05) is 30.6 Å². The number of amides is 1. The van der Waals surface area contributed by atoms with E-state index in [1.54, 1.807) is 12.1 Å². The Bertz CT molecular complexity index is 1540. The quantitative estimate of drug-likeness (QED) is 0.236. The van der Waals surface area contributed by atoms with Crippen LogP contribution in [-0.4, -0.2) is 66.2 Å². The second kappa shape index (κ2) is 12.5. The van der Waals surface area contributed by atoms with Gasteiger partial charge in [0.25, 0.3) is 5.91 Å². The van der Waals surface area contributed by atoms with Gasteiger partial charge in [-0.3, -0.25) is 4.79 Å².